The van der Waals surface area contributed by atoms with Gasteiger partial charge in [0.2, 0.25) is 5.91 Å². The summed E-state index contributed by atoms with van der Waals surface area (Å²) >= 11 is 5.82. The molecule has 1 N–H and O–H groups in total. The van der Waals surface area contributed by atoms with Crippen molar-refractivity contribution in [3.05, 3.63) is 22.8 Å². The smallest absolute Gasteiger partial charge is 0.251 e. The molecular formula is C13H11ClN4O2. The number of aromatic nitrogens is 1. The lowest BCUT2D eigenvalue weighted by Gasteiger charge is -2.30. The van der Waals surface area contributed by atoms with E-state index in [0.29, 0.717) is 12.8 Å². The predicted molar refractivity (Wildman–Crippen MR) is 70.4 cm³/mol. The Hall–Kier alpha value is -2.13. The largest absolute Gasteiger partial charge is 0.273 e. The van der Waals surface area contributed by atoms with Crippen LogP contribution in [0.3, 0.4) is 0 Å². The number of nitrogens with zero attached hydrogens (tertiary/aromatic N) is 3. The highest BCUT2D eigenvalue weighted by Gasteiger charge is 2.66. The number of nitrogens with one attached hydrogen (secondary N) is 1. The number of amides is 2. The van der Waals surface area contributed by atoms with Crippen molar-refractivity contribution in [2.45, 2.75) is 19.8 Å². The summed E-state index contributed by atoms with van der Waals surface area (Å²) in [6, 6.07) is 4.76. The molecular weight excluding hydrogens is 280 g/mol. The molecule has 0 radical (unpaired) electrons. The number of nitriles is 1. The van der Waals surface area contributed by atoms with E-state index < -0.39 is 5.41 Å². The fraction of sp³-hybridized carbons (Fsp3) is 0.385. The van der Waals surface area contributed by atoms with E-state index in [4.69, 9.17) is 16.9 Å². The number of pyridine rings is 1. The van der Waals surface area contributed by atoms with Gasteiger partial charge in [-0.2, -0.15) is 5.26 Å². The fourth-order valence-electron chi connectivity index (χ4n) is 2.69. The highest BCUT2D eigenvalue weighted by Crippen LogP contribution is 2.58. The van der Waals surface area contributed by atoms with Gasteiger partial charge in [0, 0.05) is 6.07 Å². The Labute approximate surface area is 120 Å². The minimum atomic E-state index is -0.551. The van der Waals surface area contributed by atoms with Gasteiger partial charge in [0.05, 0.1) is 23.0 Å². The van der Waals surface area contributed by atoms with Gasteiger partial charge in [0.1, 0.15) is 5.15 Å². The Bertz CT molecular complexity index is 669. The Morgan fingerprint density at radius 3 is 3.00 bits per heavy atom. The minimum absolute atomic E-state index is 0.101. The zero-order valence-corrected chi connectivity index (χ0v) is 11.4. The third-order valence-electron chi connectivity index (χ3n) is 4.03. The molecule has 1 aromatic rings. The van der Waals surface area contributed by atoms with E-state index in [1.165, 1.54) is 12.1 Å². The molecule has 1 saturated heterocycles. The topological polar surface area (TPSA) is 86.1 Å². The van der Waals surface area contributed by atoms with Crippen LogP contribution >= 0.6 is 11.6 Å². The summed E-state index contributed by atoms with van der Waals surface area (Å²) in [5.41, 5.74) is 2.29. The van der Waals surface area contributed by atoms with Crippen LogP contribution in [-0.4, -0.2) is 16.8 Å². The highest BCUT2D eigenvalue weighted by molar-refractivity contribution is 6.29. The van der Waals surface area contributed by atoms with Crippen molar-refractivity contribution >= 4 is 29.2 Å². The molecule has 1 aliphatic carbocycles. The minimum Gasteiger partial charge on any atom is -0.273 e. The van der Waals surface area contributed by atoms with E-state index in [9.17, 15) is 9.59 Å². The Morgan fingerprint density at radius 2 is 2.35 bits per heavy atom. The van der Waals surface area contributed by atoms with E-state index >= 15 is 0 Å². The maximum absolute atomic E-state index is 12.3. The Morgan fingerprint density at radius 1 is 1.60 bits per heavy atom. The first kappa shape index (κ1) is 12.9. The second kappa shape index (κ2) is 4.18. The van der Waals surface area contributed by atoms with Crippen molar-refractivity contribution in [2.24, 2.45) is 11.3 Å². The van der Waals surface area contributed by atoms with Crippen LogP contribution in [0.4, 0.5) is 5.82 Å². The monoisotopic (exact) mass is 290 g/mol. The molecule has 1 saturated carbocycles. The molecule has 1 aromatic heterocycles. The average molecular weight is 291 g/mol. The number of carbonyl (C=O) groups is 2. The first-order chi connectivity index (χ1) is 9.51. The predicted octanol–water partition coefficient (Wildman–Crippen LogP) is 1.40. The lowest BCUT2D eigenvalue weighted by atomic mass is 9.97. The maximum atomic E-state index is 12.3. The summed E-state index contributed by atoms with van der Waals surface area (Å²) < 4.78 is 0. The van der Waals surface area contributed by atoms with Crippen molar-refractivity contribution in [2.75, 3.05) is 5.01 Å². The number of anilines is 1. The summed E-state index contributed by atoms with van der Waals surface area (Å²) in [5.74, 6) is -0.508. The molecule has 102 valence electrons. The van der Waals surface area contributed by atoms with Crippen LogP contribution in [0, 0.1) is 22.7 Å². The molecule has 6 nitrogen and oxygen atoms in total. The van der Waals surface area contributed by atoms with Crippen molar-refractivity contribution in [1.82, 2.24) is 10.4 Å². The standard InChI is InChI=1S/C13H11ClN4O2/c1-2-13-5-8(13)11(19)18(17-12(13)20)10-4-7(6-15)3-9(14)16-10/h3-4,8H,2,5H2,1H3,(H,17,20)/t8-,13-/m0/s1. The molecule has 3 rings (SSSR count). The number of hydrogen-bond acceptors (Lipinski definition) is 4. The molecule has 1 aliphatic heterocycles. The van der Waals surface area contributed by atoms with Crippen LogP contribution < -0.4 is 10.4 Å². The Balaban J connectivity index is 1.97. The summed E-state index contributed by atoms with van der Waals surface area (Å²) in [4.78, 5) is 28.5. The van der Waals surface area contributed by atoms with Crippen LogP contribution in [0.25, 0.3) is 0 Å². The average Bonchev–Trinajstić information content (AvgIpc) is 3.19. The number of hydrogen-bond donors (Lipinski definition) is 1. The van der Waals surface area contributed by atoms with Crippen LogP contribution in [0.2, 0.25) is 5.15 Å². The molecule has 20 heavy (non-hydrogen) atoms. The zero-order chi connectivity index (χ0) is 14.5. The normalized spacial score (nSPS) is 27.6. The Kier molecular flexibility index (Phi) is 2.69. The molecule has 2 fully saturated rings. The number of hydrazine groups is 1. The van der Waals surface area contributed by atoms with Gasteiger partial charge in [-0.25, -0.2) is 9.99 Å². The van der Waals surface area contributed by atoms with Crippen LogP contribution in [-0.2, 0) is 9.59 Å². The summed E-state index contributed by atoms with van der Waals surface area (Å²) in [5, 5.41) is 10.1. The maximum Gasteiger partial charge on any atom is 0.251 e. The van der Waals surface area contributed by atoms with E-state index in [1.807, 2.05) is 13.0 Å². The van der Waals surface area contributed by atoms with Gasteiger partial charge in [-0.05, 0) is 18.9 Å². The molecule has 0 aromatic carbocycles. The van der Waals surface area contributed by atoms with Gasteiger partial charge in [-0.15, -0.1) is 0 Å². The molecule has 0 spiro atoms. The SMILES string of the molecule is CC[C@]12C[C@H]1C(=O)N(c1cc(C#N)cc(Cl)n1)NC2=O. The van der Waals surface area contributed by atoms with E-state index in [0.717, 1.165) is 5.01 Å². The summed E-state index contributed by atoms with van der Waals surface area (Å²) in [6.45, 7) is 1.90. The molecule has 0 bridgehead atoms. The van der Waals surface area contributed by atoms with Crippen molar-refractivity contribution < 1.29 is 9.59 Å². The van der Waals surface area contributed by atoms with Gasteiger partial charge in [-0.1, -0.05) is 18.5 Å². The van der Waals surface area contributed by atoms with E-state index in [2.05, 4.69) is 10.4 Å². The van der Waals surface area contributed by atoms with Gasteiger partial charge in [0.15, 0.2) is 5.82 Å². The third kappa shape index (κ3) is 1.67. The van der Waals surface area contributed by atoms with Gasteiger partial charge in [0.25, 0.3) is 5.91 Å². The lowest BCUT2D eigenvalue weighted by molar-refractivity contribution is -0.136. The molecule has 2 amide bonds. The van der Waals surface area contributed by atoms with E-state index in [-0.39, 0.29) is 34.3 Å². The number of fused-ring (bicyclic) bond motifs is 1. The zero-order valence-electron chi connectivity index (χ0n) is 10.7. The number of rotatable bonds is 2. The third-order valence-corrected chi connectivity index (χ3v) is 4.22. The lowest BCUT2D eigenvalue weighted by Crippen LogP contribution is -2.55. The van der Waals surface area contributed by atoms with Crippen molar-refractivity contribution in [3.63, 3.8) is 0 Å². The number of carbonyl (C=O) groups excluding carboxylic acids is 2. The molecule has 7 heteroatoms. The number of halogens is 1. The van der Waals surface area contributed by atoms with Gasteiger partial charge in [-0.3, -0.25) is 15.0 Å². The van der Waals surface area contributed by atoms with Crippen LogP contribution in [0.1, 0.15) is 25.3 Å². The van der Waals surface area contributed by atoms with Crippen LogP contribution in [0.5, 0.6) is 0 Å². The van der Waals surface area contributed by atoms with Gasteiger partial charge >= 0.3 is 0 Å². The summed E-state index contributed by atoms with van der Waals surface area (Å²) in [6.07, 6.45) is 1.20. The fourth-order valence-corrected chi connectivity index (χ4v) is 2.89. The first-order valence-electron chi connectivity index (χ1n) is 6.24. The molecule has 2 aliphatic rings. The van der Waals surface area contributed by atoms with Crippen molar-refractivity contribution in [1.29, 1.82) is 5.26 Å². The highest BCUT2D eigenvalue weighted by atomic mass is 35.5. The van der Waals surface area contributed by atoms with Crippen LogP contribution in [0.15, 0.2) is 12.1 Å². The summed E-state index contributed by atoms with van der Waals surface area (Å²) in [7, 11) is 0. The molecule has 2 heterocycles. The second-order valence-electron chi connectivity index (χ2n) is 5.03. The second-order valence-corrected chi connectivity index (χ2v) is 5.42. The first-order valence-corrected chi connectivity index (χ1v) is 6.62. The van der Waals surface area contributed by atoms with Crippen molar-refractivity contribution in [3.8, 4) is 6.07 Å². The quantitative estimate of drug-likeness (QED) is 0.834. The molecule has 2 atom stereocenters. The molecule has 0 unspecified atom stereocenters. The van der Waals surface area contributed by atoms with Gasteiger partial charge < -0.3 is 0 Å². The van der Waals surface area contributed by atoms with E-state index in [1.54, 1.807) is 0 Å².